The fourth-order valence-corrected chi connectivity index (χ4v) is 3.32. The van der Waals surface area contributed by atoms with Crippen molar-refractivity contribution in [1.29, 1.82) is 0 Å². The van der Waals surface area contributed by atoms with Gasteiger partial charge in [-0.25, -0.2) is 4.98 Å². The first-order valence-electron chi connectivity index (χ1n) is 8.54. The Morgan fingerprint density at radius 3 is 2.44 bits per heavy atom. The van der Waals surface area contributed by atoms with Crippen molar-refractivity contribution < 1.29 is 4.74 Å². The molecule has 0 aliphatic carbocycles. The van der Waals surface area contributed by atoms with Gasteiger partial charge in [0.15, 0.2) is 0 Å². The molecule has 0 fully saturated rings. The summed E-state index contributed by atoms with van der Waals surface area (Å²) in [6.07, 6.45) is 0. The van der Waals surface area contributed by atoms with Crippen molar-refractivity contribution >= 4 is 27.0 Å². The molecule has 0 atom stereocenters. The molecule has 0 aliphatic heterocycles. The molecule has 0 N–H and O–H groups in total. The Balaban J connectivity index is 1.96. The Morgan fingerprint density at radius 1 is 1.00 bits per heavy atom. The highest BCUT2D eigenvalue weighted by atomic mass is 79.9. The molecule has 4 nitrogen and oxygen atoms in total. The summed E-state index contributed by atoms with van der Waals surface area (Å²) in [7, 11) is 1.62. The Labute approximate surface area is 165 Å². The Bertz CT molecular complexity index is 1150. The van der Waals surface area contributed by atoms with Crippen LogP contribution in [0, 0.1) is 0 Å². The summed E-state index contributed by atoms with van der Waals surface area (Å²) in [5.41, 5.74) is 3.68. The van der Waals surface area contributed by atoms with Gasteiger partial charge >= 0.3 is 0 Å². The van der Waals surface area contributed by atoms with E-state index in [4.69, 9.17) is 4.74 Å². The Kier molecular flexibility index (Phi) is 4.77. The number of nitrogens with zero attached hydrogens (tertiary/aromatic N) is 2. The molecule has 1 aromatic heterocycles. The van der Waals surface area contributed by atoms with Gasteiger partial charge in [0.05, 0.1) is 24.7 Å². The van der Waals surface area contributed by atoms with E-state index in [9.17, 15) is 4.79 Å². The zero-order valence-electron chi connectivity index (χ0n) is 14.7. The Morgan fingerprint density at radius 2 is 1.74 bits per heavy atom. The lowest BCUT2D eigenvalue weighted by Gasteiger charge is -2.14. The van der Waals surface area contributed by atoms with Gasteiger partial charge in [-0.15, -0.1) is 0 Å². The van der Waals surface area contributed by atoms with Crippen molar-refractivity contribution in [2.24, 2.45) is 0 Å². The van der Waals surface area contributed by atoms with E-state index in [0.717, 1.165) is 26.6 Å². The number of rotatable bonds is 4. The lowest BCUT2D eigenvalue weighted by molar-refractivity contribution is 0.415. The molecule has 0 unspecified atom stereocenters. The van der Waals surface area contributed by atoms with Gasteiger partial charge in [0.2, 0.25) is 0 Å². The number of benzene rings is 3. The number of aromatic nitrogens is 2. The average Bonchev–Trinajstić information content (AvgIpc) is 2.71. The number of hydrogen-bond acceptors (Lipinski definition) is 3. The molecule has 0 aliphatic rings. The van der Waals surface area contributed by atoms with Crippen molar-refractivity contribution in [2.45, 2.75) is 6.54 Å². The van der Waals surface area contributed by atoms with Crippen LogP contribution in [-0.2, 0) is 6.54 Å². The van der Waals surface area contributed by atoms with Crippen LogP contribution in [0.2, 0.25) is 0 Å². The fraction of sp³-hybridized carbons (Fsp3) is 0.0909. The van der Waals surface area contributed by atoms with Crippen molar-refractivity contribution in [3.8, 4) is 17.0 Å². The van der Waals surface area contributed by atoms with Crippen LogP contribution in [0.15, 0.2) is 82.1 Å². The molecule has 0 bridgehead atoms. The minimum absolute atomic E-state index is 0.120. The standard InChI is InChI=1S/C22H17BrN2O2/c1-27-18-11-12-19-20(13-18)25(14-15-7-9-17(23)10-8-15)22(26)21(24-19)16-5-3-2-4-6-16/h2-13H,14H2,1H3. The second-order valence-electron chi connectivity index (χ2n) is 6.20. The molecule has 5 heteroatoms. The number of fused-ring (bicyclic) bond motifs is 1. The summed E-state index contributed by atoms with van der Waals surface area (Å²) in [4.78, 5) is 17.9. The van der Waals surface area contributed by atoms with Crippen LogP contribution in [0.5, 0.6) is 5.75 Å². The highest BCUT2D eigenvalue weighted by molar-refractivity contribution is 9.10. The summed E-state index contributed by atoms with van der Waals surface area (Å²) < 4.78 is 8.11. The molecule has 4 rings (SSSR count). The monoisotopic (exact) mass is 420 g/mol. The highest BCUT2D eigenvalue weighted by Gasteiger charge is 2.14. The SMILES string of the molecule is COc1ccc2nc(-c3ccccc3)c(=O)n(Cc3ccc(Br)cc3)c2c1. The second kappa shape index (κ2) is 7.37. The van der Waals surface area contributed by atoms with Gasteiger partial charge in [-0.3, -0.25) is 4.79 Å². The van der Waals surface area contributed by atoms with Crippen LogP contribution in [0.3, 0.4) is 0 Å². The van der Waals surface area contributed by atoms with Crippen LogP contribution >= 0.6 is 15.9 Å². The molecule has 0 radical (unpaired) electrons. The number of halogens is 1. The molecule has 0 saturated heterocycles. The van der Waals surface area contributed by atoms with Crippen molar-refractivity contribution in [3.05, 3.63) is 93.2 Å². The molecule has 4 aromatic rings. The molecule has 1 heterocycles. The van der Waals surface area contributed by atoms with Gasteiger partial charge in [-0.05, 0) is 29.8 Å². The third-order valence-corrected chi connectivity index (χ3v) is 4.98. The predicted octanol–water partition coefficient (Wildman–Crippen LogP) is 4.88. The topological polar surface area (TPSA) is 44.1 Å². The first-order valence-corrected chi connectivity index (χ1v) is 9.33. The molecule has 0 amide bonds. The molecular formula is C22H17BrN2O2. The van der Waals surface area contributed by atoms with Gasteiger partial charge in [-0.2, -0.15) is 0 Å². The molecule has 27 heavy (non-hydrogen) atoms. The largest absolute Gasteiger partial charge is 0.497 e. The van der Waals surface area contributed by atoms with Crippen LogP contribution in [0.1, 0.15) is 5.56 Å². The molecule has 0 spiro atoms. The van der Waals surface area contributed by atoms with E-state index in [1.165, 1.54) is 0 Å². The van der Waals surface area contributed by atoms with Crippen LogP contribution < -0.4 is 10.3 Å². The van der Waals surface area contributed by atoms with Gasteiger partial charge < -0.3 is 9.30 Å². The number of hydrogen-bond donors (Lipinski definition) is 0. The second-order valence-corrected chi connectivity index (χ2v) is 7.11. The third kappa shape index (κ3) is 3.51. The summed E-state index contributed by atoms with van der Waals surface area (Å²) in [5, 5.41) is 0. The maximum atomic E-state index is 13.3. The third-order valence-electron chi connectivity index (χ3n) is 4.45. The average molecular weight is 421 g/mol. The lowest BCUT2D eigenvalue weighted by Crippen LogP contribution is -2.24. The predicted molar refractivity (Wildman–Crippen MR) is 111 cm³/mol. The van der Waals surface area contributed by atoms with Crippen molar-refractivity contribution in [2.75, 3.05) is 7.11 Å². The van der Waals surface area contributed by atoms with E-state index in [-0.39, 0.29) is 5.56 Å². The van der Waals surface area contributed by atoms with Gasteiger partial charge in [0.25, 0.3) is 5.56 Å². The smallest absolute Gasteiger partial charge is 0.277 e. The zero-order chi connectivity index (χ0) is 18.8. The van der Waals surface area contributed by atoms with Crippen molar-refractivity contribution in [1.82, 2.24) is 9.55 Å². The number of methoxy groups -OCH3 is 1. The van der Waals surface area contributed by atoms with E-state index in [2.05, 4.69) is 20.9 Å². The molecule has 0 saturated carbocycles. The van der Waals surface area contributed by atoms with Gasteiger partial charge in [0, 0.05) is 16.1 Å². The summed E-state index contributed by atoms with van der Waals surface area (Å²) in [6, 6.07) is 23.1. The molecular weight excluding hydrogens is 404 g/mol. The highest BCUT2D eigenvalue weighted by Crippen LogP contribution is 2.22. The van der Waals surface area contributed by atoms with E-state index >= 15 is 0 Å². The summed E-state index contributed by atoms with van der Waals surface area (Å²) in [6.45, 7) is 0.456. The summed E-state index contributed by atoms with van der Waals surface area (Å²) in [5.74, 6) is 0.695. The van der Waals surface area contributed by atoms with Crippen LogP contribution in [-0.4, -0.2) is 16.7 Å². The van der Waals surface area contributed by atoms with Crippen LogP contribution in [0.25, 0.3) is 22.3 Å². The van der Waals surface area contributed by atoms with E-state index < -0.39 is 0 Å². The first kappa shape index (κ1) is 17.5. The van der Waals surface area contributed by atoms with Crippen LogP contribution in [0.4, 0.5) is 0 Å². The van der Waals surface area contributed by atoms with E-state index in [0.29, 0.717) is 18.0 Å². The fourth-order valence-electron chi connectivity index (χ4n) is 3.06. The molecule has 134 valence electrons. The maximum absolute atomic E-state index is 13.3. The molecule has 3 aromatic carbocycles. The maximum Gasteiger partial charge on any atom is 0.277 e. The van der Waals surface area contributed by atoms with E-state index in [1.54, 1.807) is 11.7 Å². The van der Waals surface area contributed by atoms with Crippen molar-refractivity contribution in [3.63, 3.8) is 0 Å². The quantitative estimate of drug-likeness (QED) is 0.472. The summed E-state index contributed by atoms with van der Waals surface area (Å²) >= 11 is 3.45. The zero-order valence-corrected chi connectivity index (χ0v) is 16.3. The minimum atomic E-state index is -0.120. The lowest BCUT2D eigenvalue weighted by atomic mass is 10.1. The minimum Gasteiger partial charge on any atom is -0.497 e. The number of ether oxygens (including phenoxy) is 1. The normalized spacial score (nSPS) is 10.9. The van der Waals surface area contributed by atoms with Gasteiger partial charge in [-0.1, -0.05) is 58.4 Å². The Hall–Kier alpha value is -2.92. The first-order chi connectivity index (χ1) is 13.2. The van der Waals surface area contributed by atoms with Gasteiger partial charge in [0.1, 0.15) is 11.4 Å². The van der Waals surface area contributed by atoms with E-state index in [1.807, 2.05) is 72.8 Å².